The molecular weight excluding hydrogens is 255 g/mol. The summed E-state index contributed by atoms with van der Waals surface area (Å²) in [5.74, 6) is 0. The van der Waals surface area contributed by atoms with Crippen molar-refractivity contribution in [3.05, 3.63) is 69.7 Å². The SMILES string of the molecule is CC(O)(c1cccc(Cl)c1)c1ccccc1Cl. The average molecular weight is 267 g/mol. The molecule has 0 aliphatic rings. The smallest absolute Gasteiger partial charge is 0.113 e. The van der Waals surface area contributed by atoms with Crippen LogP contribution in [-0.2, 0) is 5.60 Å². The maximum absolute atomic E-state index is 10.6. The molecule has 88 valence electrons. The van der Waals surface area contributed by atoms with Gasteiger partial charge in [-0.3, -0.25) is 0 Å². The minimum Gasteiger partial charge on any atom is -0.381 e. The molecule has 0 saturated heterocycles. The van der Waals surface area contributed by atoms with Gasteiger partial charge in [-0.1, -0.05) is 53.5 Å². The number of rotatable bonds is 2. The van der Waals surface area contributed by atoms with Crippen LogP contribution in [-0.4, -0.2) is 5.11 Å². The molecule has 0 bridgehead atoms. The number of aliphatic hydroxyl groups is 1. The summed E-state index contributed by atoms with van der Waals surface area (Å²) in [5.41, 5.74) is 0.241. The van der Waals surface area contributed by atoms with Crippen molar-refractivity contribution in [2.75, 3.05) is 0 Å². The van der Waals surface area contributed by atoms with E-state index in [2.05, 4.69) is 0 Å². The maximum atomic E-state index is 10.6. The van der Waals surface area contributed by atoms with E-state index in [1.807, 2.05) is 30.3 Å². The monoisotopic (exact) mass is 266 g/mol. The minimum atomic E-state index is -1.15. The maximum Gasteiger partial charge on any atom is 0.113 e. The van der Waals surface area contributed by atoms with Crippen molar-refractivity contribution >= 4 is 23.2 Å². The van der Waals surface area contributed by atoms with Crippen LogP contribution < -0.4 is 0 Å². The second-order valence-electron chi connectivity index (χ2n) is 4.06. The van der Waals surface area contributed by atoms with Crippen LogP contribution >= 0.6 is 23.2 Å². The van der Waals surface area contributed by atoms with E-state index in [1.54, 1.807) is 25.1 Å². The molecule has 3 heteroatoms. The van der Waals surface area contributed by atoms with E-state index >= 15 is 0 Å². The van der Waals surface area contributed by atoms with Crippen LogP contribution in [0.2, 0.25) is 10.0 Å². The molecule has 1 N–H and O–H groups in total. The highest BCUT2D eigenvalue weighted by Crippen LogP contribution is 2.34. The molecule has 0 aromatic heterocycles. The molecule has 0 saturated carbocycles. The van der Waals surface area contributed by atoms with Gasteiger partial charge in [0.15, 0.2) is 0 Å². The van der Waals surface area contributed by atoms with E-state index in [9.17, 15) is 5.11 Å². The average Bonchev–Trinajstić information content (AvgIpc) is 2.29. The van der Waals surface area contributed by atoms with Crippen LogP contribution in [0.25, 0.3) is 0 Å². The predicted octanol–water partition coefficient (Wildman–Crippen LogP) is 4.25. The van der Waals surface area contributed by atoms with Crippen molar-refractivity contribution < 1.29 is 5.11 Å². The Morgan fingerprint density at radius 2 is 1.71 bits per heavy atom. The first-order valence-corrected chi connectivity index (χ1v) is 6.01. The van der Waals surface area contributed by atoms with Gasteiger partial charge in [0.05, 0.1) is 0 Å². The second-order valence-corrected chi connectivity index (χ2v) is 4.91. The van der Waals surface area contributed by atoms with E-state index in [0.29, 0.717) is 15.6 Å². The van der Waals surface area contributed by atoms with Crippen molar-refractivity contribution in [2.45, 2.75) is 12.5 Å². The molecule has 0 spiro atoms. The lowest BCUT2D eigenvalue weighted by atomic mass is 9.88. The zero-order valence-corrected chi connectivity index (χ0v) is 10.8. The molecule has 1 atom stereocenters. The molecule has 0 aliphatic carbocycles. The van der Waals surface area contributed by atoms with Gasteiger partial charge in [-0.05, 0) is 30.7 Å². The van der Waals surface area contributed by atoms with Crippen molar-refractivity contribution in [3.63, 3.8) is 0 Å². The van der Waals surface area contributed by atoms with Crippen LogP contribution in [0.1, 0.15) is 18.1 Å². The molecule has 1 nitrogen and oxygen atoms in total. The number of hydrogen-bond acceptors (Lipinski definition) is 1. The molecule has 0 aliphatic heterocycles. The topological polar surface area (TPSA) is 20.2 Å². The van der Waals surface area contributed by atoms with Crippen LogP contribution in [0.4, 0.5) is 0 Å². The molecule has 2 aromatic rings. The Balaban J connectivity index is 2.53. The highest BCUT2D eigenvalue weighted by Gasteiger charge is 2.27. The summed E-state index contributed by atoms with van der Waals surface area (Å²) in [4.78, 5) is 0. The molecular formula is C14H12Cl2O. The summed E-state index contributed by atoms with van der Waals surface area (Å²) in [7, 11) is 0. The van der Waals surface area contributed by atoms with Crippen molar-refractivity contribution in [1.29, 1.82) is 0 Å². The van der Waals surface area contributed by atoms with Crippen LogP contribution in [0, 0.1) is 0 Å². The van der Waals surface area contributed by atoms with Gasteiger partial charge in [-0.2, -0.15) is 0 Å². The van der Waals surface area contributed by atoms with Gasteiger partial charge < -0.3 is 5.11 Å². The molecule has 2 aromatic carbocycles. The van der Waals surface area contributed by atoms with Crippen LogP contribution in [0.5, 0.6) is 0 Å². The summed E-state index contributed by atoms with van der Waals surface area (Å²) in [6, 6.07) is 14.4. The quantitative estimate of drug-likeness (QED) is 0.862. The Morgan fingerprint density at radius 3 is 2.35 bits per heavy atom. The zero-order chi connectivity index (χ0) is 12.5. The lowest BCUT2D eigenvalue weighted by Gasteiger charge is -2.25. The Morgan fingerprint density at radius 1 is 1.00 bits per heavy atom. The van der Waals surface area contributed by atoms with Gasteiger partial charge in [0.1, 0.15) is 5.60 Å². The fourth-order valence-electron chi connectivity index (χ4n) is 1.80. The first-order valence-electron chi connectivity index (χ1n) is 5.25. The third kappa shape index (κ3) is 2.47. The third-order valence-electron chi connectivity index (χ3n) is 2.79. The number of hydrogen-bond donors (Lipinski definition) is 1. The van der Waals surface area contributed by atoms with Crippen LogP contribution in [0.3, 0.4) is 0 Å². The highest BCUT2D eigenvalue weighted by molar-refractivity contribution is 6.31. The first kappa shape index (κ1) is 12.4. The fourth-order valence-corrected chi connectivity index (χ4v) is 2.31. The van der Waals surface area contributed by atoms with Crippen molar-refractivity contribution in [2.24, 2.45) is 0 Å². The molecule has 0 fully saturated rings. The summed E-state index contributed by atoms with van der Waals surface area (Å²) >= 11 is 12.0. The van der Waals surface area contributed by atoms with Gasteiger partial charge in [-0.15, -0.1) is 0 Å². The summed E-state index contributed by atoms with van der Waals surface area (Å²) in [5, 5.41) is 11.8. The summed E-state index contributed by atoms with van der Waals surface area (Å²) in [6.45, 7) is 1.71. The normalized spacial score (nSPS) is 14.4. The van der Waals surface area contributed by atoms with E-state index in [4.69, 9.17) is 23.2 Å². The Labute approximate surface area is 111 Å². The number of benzene rings is 2. The molecule has 0 heterocycles. The Bertz CT molecular complexity index is 535. The van der Waals surface area contributed by atoms with E-state index in [0.717, 1.165) is 5.56 Å². The minimum absolute atomic E-state index is 0.539. The van der Waals surface area contributed by atoms with Gasteiger partial charge in [-0.25, -0.2) is 0 Å². The van der Waals surface area contributed by atoms with Gasteiger partial charge >= 0.3 is 0 Å². The first-order chi connectivity index (χ1) is 8.01. The fraction of sp³-hybridized carbons (Fsp3) is 0.143. The zero-order valence-electron chi connectivity index (χ0n) is 9.32. The van der Waals surface area contributed by atoms with E-state index in [1.165, 1.54) is 0 Å². The van der Waals surface area contributed by atoms with Crippen LogP contribution in [0.15, 0.2) is 48.5 Å². The lowest BCUT2D eigenvalue weighted by Crippen LogP contribution is -2.23. The van der Waals surface area contributed by atoms with Gasteiger partial charge in [0.2, 0.25) is 0 Å². The predicted molar refractivity (Wildman–Crippen MR) is 71.6 cm³/mol. The van der Waals surface area contributed by atoms with Crippen molar-refractivity contribution in [1.82, 2.24) is 0 Å². The summed E-state index contributed by atoms with van der Waals surface area (Å²) < 4.78 is 0. The largest absolute Gasteiger partial charge is 0.381 e. The Hall–Kier alpha value is -1.02. The molecule has 2 rings (SSSR count). The molecule has 1 unspecified atom stereocenters. The van der Waals surface area contributed by atoms with Crippen molar-refractivity contribution in [3.8, 4) is 0 Å². The molecule has 0 radical (unpaired) electrons. The second kappa shape index (κ2) is 4.69. The van der Waals surface area contributed by atoms with E-state index < -0.39 is 5.60 Å². The van der Waals surface area contributed by atoms with E-state index in [-0.39, 0.29) is 0 Å². The van der Waals surface area contributed by atoms with Gasteiger partial charge in [0.25, 0.3) is 0 Å². The highest BCUT2D eigenvalue weighted by atomic mass is 35.5. The summed E-state index contributed by atoms with van der Waals surface area (Å²) in [6.07, 6.45) is 0. The van der Waals surface area contributed by atoms with Gasteiger partial charge in [0, 0.05) is 15.6 Å². The third-order valence-corrected chi connectivity index (χ3v) is 3.35. The lowest BCUT2D eigenvalue weighted by molar-refractivity contribution is 0.102. The number of halogens is 2. The molecule has 0 amide bonds. The molecule has 17 heavy (non-hydrogen) atoms. The Kier molecular flexibility index (Phi) is 3.43. The standard InChI is InChI=1S/C14H12Cl2O/c1-14(17,10-5-4-6-11(15)9-10)12-7-2-3-8-13(12)16/h2-9,17H,1H3.